The summed E-state index contributed by atoms with van der Waals surface area (Å²) in [5.41, 5.74) is 2.13. The molecule has 1 N–H and O–H groups in total. The van der Waals surface area contributed by atoms with Crippen molar-refractivity contribution in [3.05, 3.63) is 59.1 Å². The lowest BCUT2D eigenvalue weighted by Crippen LogP contribution is -2.47. The molecule has 1 heterocycles. The maximum atomic E-state index is 12.1. The molecule has 1 amide bonds. The minimum absolute atomic E-state index is 0.0720. The van der Waals surface area contributed by atoms with E-state index < -0.39 is 0 Å². The highest BCUT2D eigenvalue weighted by atomic mass is 79.9. The second-order valence-electron chi connectivity index (χ2n) is 5.97. The molecule has 1 aliphatic rings. The molecule has 1 fully saturated rings. The fourth-order valence-electron chi connectivity index (χ4n) is 2.88. The van der Waals surface area contributed by atoms with Gasteiger partial charge < -0.3 is 10.2 Å². The van der Waals surface area contributed by atoms with Crippen LogP contribution in [0.5, 0.6) is 0 Å². The Morgan fingerprint density at radius 2 is 1.62 bits per heavy atom. The number of rotatable bonds is 5. The van der Waals surface area contributed by atoms with Gasteiger partial charge in [-0.05, 0) is 36.4 Å². The number of nitrogens with one attached hydrogen (secondary N) is 1. The normalized spacial score (nSPS) is 15.3. The maximum Gasteiger partial charge on any atom is 0.225 e. The van der Waals surface area contributed by atoms with Crippen LogP contribution in [0.1, 0.15) is 6.42 Å². The van der Waals surface area contributed by atoms with E-state index in [4.69, 9.17) is 0 Å². The SMILES string of the molecule is O=C(CCN1CCN(c2ccccc2)CC1)Nc1ccc(Br)cc1. The number of para-hydroxylation sites is 1. The standard InChI is InChI=1S/C19H22BrN3O/c20-16-6-8-17(9-7-16)21-19(24)10-11-22-12-14-23(15-13-22)18-4-2-1-3-5-18/h1-9H,10-15H2,(H,21,24). The molecule has 0 bridgehead atoms. The number of hydrogen-bond acceptors (Lipinski definition) is 3. The molecule has 5 heteroatoms. The van der Waals surface area contributed by atoms with E-state index in [-0.39, 0.29) is 5.91 Å². The van der Waals surface area contributed by atoms with Gasteiger partial charge in [-0.2, -0.15) is 0 Å². The smallest absolute Gasteiger partial charge is 0.225 e. The van der Waals surface area contributed by atoms with Gasteiger partial charge in [0.15, 0.2) is 0 Å². The Hall–Kier alpha value is -1.85. The summed E-state index contributed by atoms with van der Waals surface area (Å²) in [6.07, 6.45) is 0.529. The molecule has 2 aromatic carbocycles. The third-order valence-corrected chi connectivity index (χ3v) is 4.81. The van der Waals surface area contributed by atoms with Crippen LogP contribution < -0.4 is 10.2 Å². The highest BCUT2D eigenvalue weighted by Crippen LogP contribution is 2.16. The average Bonchev–Trinajstić information content (AvgIpc) is 2.63. The Bertz CT molecular complexity index is 652. The summed E-state index contributed by atoms with van der Waals surface area (Å²) in [6, 6.07) is 18.2. The first-order chi connectivity index (χ1) is 11.7. The quantitative estimate of drug-likeness (QED) is 0.850. The van der Waals surface area contributed by atoms with Crippen molar-refractivity contribution in [3.8, 4) is 0 Å². The van der Waals surface area contributed by atoms with Crippen LogP contribution in [0.25, 0.3) is 0 Å². The van der Waals surface area contributed by atoms with Gasteiger partial charge >= 0.3 is 0 Å². The zero-order valence-corrected chi connectivity index (χ0v) is 15.2. The van der Waals surface area contributed by atoms with Crippen LogP contribution in [-0.4, -0.2) is 43.5 Å². The van der Waals surface area contributed by atoms with Gasteiger partial charge in [-0.15, -0.1) is 0 Å². The van der Waals surface area contributed by atoms with Crippen LogP contribution in [0.2, 0.25) is 0 Å². The molecule has 24 heavy (non-hydrogen) atoms. The van der Waals surface area contributed by atoms with Gasteiger partial charge in [0.05, 0.1) is 0 Å². The number of anilines is 2. The van der Waals surface area contributed by atoms with E-state index in [9.17, 15) is 4.79 Å². The highest BCUT2D eigenvalue weighted by Gasteiger charge is 2.17. The van der Waals surface area contributed by atoms with E-state index in [0.29, 0.717) is 6.42 Å². The maximum absolute atomic E-state index is 12.1. The van der Waals surface area contributed by atoms with Crippen molar-refractivity contribution in [2.75, 3.05) is 42.9 Å². The van der Waals surface area contributed by atoms with Crippen LogP contribution in [0.4, 0.5) is 11.4 Å². The van der Waals surface area contributed by atoms with E-state index in [1.165, 1.54) is 5.69 Å². The molecule has 2 aromatic rings. The van der Waals surface area contributed by atoms with Crippen molar-refractivity contribution in [2.24, 2.45) is 0 Å². The molecule has 0 atom stereocenters. The zero-order valence-electron chi connectivity index (χ0n) is 13.6. The molecule has 0 saturated carbocycles. The molecule has 0 spiro atoms. The van der Waals surface area contributed by atoms with Gasteiger partial charge in [0, 0.05) is 55.0 Å². The Kier molecular flexibility index (Phi) is 5.88. The summed E-state index contributed by atoms with van der Waals surface area (Å²) in [5.74, 6) is 0.0720. The van der Waals surface area contributed by atoms with E-state index in [1.54, 1.807) is 0 Å². The molecule has 126 valence electrons. The first-order valence-electron chi connectivity index (χ1n) is 8.28. The topological polar surface area (TPSA) is 35.6 Å². The van der Waals surface area contributed by atoms with Crippen molar-refractivity contribution in [3.63, 3.8) is 0 Å². The molecule has 0 unspecified atom stereocenters. The number of carbonyl (C=O) groups excluding carboxylic acids is 1. The van der Waals surface area contributed by atoms with Crippen LogP contribution in [0.3, 0.4) is 0 Å². The van der Waals surface area contributed by atoms with Crippen LogP contribution >= 0.6 is 15.9 Å². The number of amides is 1. The Labute approximate surface area is 151 Å². The summed E-state index contributed by atoms with van der Waals surface area (Å²) in [5, 5.41) is 2.95. The number of benzene rings is 2. The third kappa shape index (κ3) is 4.82. The summed E-state index contributed by atoms with van der Waals surface area (Å²) >= 11 is 3.39. The Morgan fingerprint density at radius 1 is 0.958 bits per heavy atom. The number of carbonyl (C=O) groups is 1. The van der Waals surface area contributed by atoms with Crippen molar-refractivity contribution in [1.29, 1.82) is 0 Å². The predicted octanol–water partition coefficient (Wildman–Crippen LogP) is 3.60. The third-order valence-electron chi connectivity index (χ3n) is 4.28. The van der Waals surface area contributed by atoms with Crippen LogP contribution in [0, 0.1) is 0 Å². The van der Waals surface area contributed by atoms with Gasteiger partial charge in [0.1, 0.15) is 0 Å². The molecule has 0 radical (unpaired) electrons. The lowest BCUT2D eigenvalue weighted by Gasteiger charge is -2.36. The van der Waals surface area contributed by atoms with E-state index in [1.807, 2.05) is 30.3 Å². The molecule has 0 aromatic heterocycles. The minimum Gasteiger partial charge on any atom is -0.369 e. The number of piperazine rings is 1. The fourth-order valence-corrected chi connectivity index (χ4v) is 3.15. The summed E-state index contributed by atoms with van der Waals surface area (Å²) < 4.78 is 1.01. The molecule has 4 nitrogen and oxygen atoms in total. The van der Waals surface area contributed by atoms with Gasteiger partial charge in [0.25, 0.3) is 0 Å². The second-order valence-corrected chi connectivity index (χ2v) is 6.88. The Morgan fingerprint density at radius 3 is 2.29 bits per heavy atom. The van der Waals surface area contributed by atoms with Gasteiger partial charge in [-0.3, -0.25) is 9.69 Å². The molecule has 1 aliphatic heterocycles. The Balaban J connectivity index is 1.40. The number of halogens is 1. The zero-order chi connectivity index (χ0) is 16.8. The first-order valence-corrected chi connectivity index (χ1v) is 9.08. The molecular formula is C19H22BrN3O. The fraction of sp³-hybridized carbons (Fsp3) is 0.316. The number of hydrogen-bond donors (Lipinski definition) is 1. The molecule has 0 aliphatic carbocycles. The molecule has 1 saturated heterocycles. The first kappa shape index (κ1) is 17.0. The molecule has 3 rings (SSSR count). The van der Waals surface area contributed by atoms with Gasteiger partial charge in [-0.1, -0.05) is 34.1 Å². The van der Waals surface area contributed by atoms with Crippen molar-refractivity contribution >= 4 is 33.2 Å². The predicted molar refractivity (Wildman–Crippen MR) is 102 cm³/mol. The van der Waals surface area contributed by atoms with Gasteiger partial charge in [0.2, 0.25) is 5.91 Å². The lowest BCUT2D eigenvalue weighted by atomic mass is 10.2. The van der Waals surface area contributed by atoms with Crippen molar-refractivity contribution < 1.29 is 4.79 Å². The largest absolute Gasteiger partial charge is 0.369 e. The summed E-state index contributed by atoms with van der Waals surface area (Å²) in [6.45, 7) is 4.84. The number of nitrogens with zero attached hydrogens (tertiary/aromatic N) is 2. The second kappa shape index (κ2) is 8.31. The molecular weight excluding hydrogens is 366 g/mol. The van der Waals surface area contributed by atoms with Gasteiger partial charge in [-0.25, -0.2) is 0 Å². The van der Waals surface area contributed by atoms with E-state index in [0.717, 1.165) is 42.9 Å². The summed E-state index contributed by atoms with van der Waals surface area (Å²) in [4.78, 5) is 16.8. The van der Waals surface area contributed by atoms with Crippen molar-refractivity contribution in [1.82, 2.24) is 4.90 Å². The average molecular weight is 388 g/mol. The minimum atomic E-state index is 0.0720. The van der Waals surface area contributed by atoms with E-state index >= 15 is 0 Å². The van der Waals surface area contributed by atoms with Crippen LogP contribution in [0.15, 0.2) is 59.1 Å². The summed E-state index contributed by atoms with van der Waals surface area (Å²) in [7, 11) is 0. The van der Waals surface area contributed by atoms with Crippen LogP contribution in [-0.2, 0) is 4.79 Å². The van der Waals surface area contributed by atoms with Crippen molar-refractivity contribution in [2.45, 2.75) is 6.42 Å². The van der Waals surface area contributed by atoms with E-state index in [2.05, 4.69) is 55.3 Å². The lowest BCUT2D eigenvalue weighted by molar-refractivity contribution is -0.116. The highest BCUT2D eigenvalue weighted by molar-refractivity contribution is 9.10. The monoisotopic (exact) mass is 387 g/mol.